The van der Waals surface area contributed by atoms with Crippen molar-refractivity contribution in [3.8, 4) is 0 Å². The first kappa shape index (κ1) is 21.4. The predicted octanol–water partition coefficient (Wildman–Crippen LogP) is -5.25. The van der Waals surface area contributed by atoms with E-state index < -0.39 is 80.5 Å². The van der Waals surface area contributed by atoms with Crippen molar-refractivity contribution in [2.75, 3.05) is 13.2 Å². The van der Waals surface area contributed by atoms with E-state index in [1.807, 2.05) is 0 Å². The highest BCUT2D eigenvalue weighted by atomic mass is 16.7. The fourth-order valence-electron chi connectivity index (χ4n) is 2.97. The quantitative estimate of drug-likeness (QED) is 0.226. The van der Waals surface area contributed by atoms with Gasteiger partial charge in [-0.25, -0.2) is 0 Å². The molecule has 26 heavy (non-hydrogen) atoms. The minimum absolute atomic E-state index is 0.581. The van der Waals surface area contributed by atoms with Crippen LogP contribution in [0.2, 0.25) is 0 Å². The van der Waals surface area contributed by atoms with Crippen molar-refractivity contribution in [3.63, 3.8) is 0 Å². The van der Waals surface area contributed by atoms with Crippen LogP contribution in [0.5, 0.6) is 0 Å². The van der Waals surface area contributed by atoms with Crippen LogP contribution >= 0.6 is 0 Å². The molecule has 2 aliphatic rings. The Hall–Kier alpha value is -0.930. The Balaban J connectivity index is 2.22. The van der Waals surface area contributed by atoms with E-state index in [4.69, 9.17) is 14.2 Å². The predicted molar refractivity (Wildman–Crippen MR) is 80.2 cm³/mol. The van der Waals surface area contributed by atoms with Gasteiger partial charge in [0.25, 0.3) is 0 Å². The van der Waals surface area contributed by atoms with Crippen LogP contribution in [0, 0.1) is 0 Å². The summed E-state index contributed by atoms with van der Waals surface area (Å²) in [5.41, 5.74) is 0. The first-order valence-electron chi connectivity index (χ1n) is 8.06. The van der Waals surface area contributed by atoms with Gasteiger partial charge in [-0.05, 0) is 0 Å². The summed E-state index contributed by atoms with van der Waals surface area (Å²) in [4.78, 5) is 11.4. The number of amides is 1. The summed E-state index contributed by atoms with van der Waals surface area (Å²) in [6.07, 6.45) is -13.7. The van der Waals surface area contributed by atoms with Crippen LogP contribution in [0.4, 0.5) is 0 Å². The first-order chi connectivity index (χ1) is 12.2. The van der Waals surface area contributed by atoms with Crippen LogP contribution < -0.4 is 5.32 Å². The van der Waals surface area contributed by atoms with Crippen molar-refractivity contribution in [1.82, 2.24) is 5.32 Å². The molecule has 0 bridgehead atoms. The highest BCUT2D eigenvalue weighted by Gasteiger charge is 2.50. The lowest BCUT2D eigenvalue weighted by Gasteiger charge is -2.46. The molecule has 12 heteroatoms. The Bertz CT molecular complexity index is 480. The van der Waals surface area contributed by atoms with Gasteiger partial charge >= 0.3 is 0 Å². The summed E-state index contributed by atoms with van der Waals surface area (Å²) in [5.74, 6) is -0.581. The maximum Gasteiger partial charge on any atom is 0.217 e. The number of carbonyl (C=O) groups excluding carboxylic acids is 1. The third kappa shape index (κ3) is 4.31. The lowest BCUT2D eigenvalue weighted by atomic mass is 9.95. The van der Waals surface area contributed by atoms with Crippen molar-refractivity contribution in [3.05, 3.63) is 0 Å². The molecule has 2 heterocycles. The number of carbonyl (C=O) groups is 1. The van der Waals surface area contributed by atoms with Crippen molar-refractivity contribution in [2.45, 2.75) is 68.3 Å². The Morgan fingerprint density at radius 2 is 1.50 bits per heavy atom. The van der Waals surface area contributed by atoms with Gasteiger partial charge in [0.05, 0.1) is 13.2 Å². The molecule has 0 saturated carbocycles. The number of aliphatic hydroxyl groups is 7. The maximum absolute atomic E-state index is 11.4. The van der Waals surface area contributed by atoms with Crippen LogP contribution in [0.15, 0.2) is 0 Å². The Labute approximate surface area is 148 Å². The van der Waals surface area contributed by atoms with Crippen molar-refractivity contribution < 1.29 is 54.8 Å². The number of nitrogens with one attached hydrogen (secondary N) is 1. The largest absolute Gasteiger partial charge is 0.394 e. The van der Waals surface area contributed by atoms with E-state index in [2.05, 4.69) is 5.32 Å². The maximum atomic E-state index is 11.4. The van der Waals surface area contributed by atoms with Gasteiger partial charge < -0.3 is 55.3 Å². The summed E-state index contributed by atoms with van der Waals surface area (Å²) in [7, 11) is 0. The fourth-order valence-corrected chi connectivity index (χ4v) is 2.97. The van der Waals surface area contributed by atoms with Crippen LogP contribution in [-0.4, -0.2) is 116 Å². The highest BCUT2D eigenvalue weighted by molar-refractivity contribution is 5.73. The second kappa shape index (κ2) is 8.84. The molecule has 152 valence electrons. The van der Waals surface area contributed by atoms with Crippen molar-refractivity contribution >= 4 is 5.91 Å². The smallest absolute Gasteiger partial charge is 0.217 e. The minimum atomic E-state index is -1.77. The summed E-state index contributed by atoms with van der Waals surface area (Å²) in [5, 5.41) is 70.8. The summed E-state index contributed by atoms with van der Waals surface area (Å²) >= 11 is 0. The molecule has 0 aromatic rings. The normalized spacial score (nSPS) is 46.8. The second-order valence-electron chi connectivity index (χ2n) is 6.26. The molecular formula is C14H25NO11. The standard InChI is InChI=1S/C14H25NO11/c1-4(18)15-7-10(21)8(19)5(2-16)25-14(7)26-12-9(20)6(3-17)24-13(23)11(12)22/h5-14,16-17,19-23H,2-3H2,1H3,(H,15,18)/t5-,6-,7-,8+,9+,10-,11-,12+,13?,14-/m1/s1. The van der Waals surface area contributed by atoms with E-state index in [-0.39, 0.29) is 0 Å². The number of hydrogen-bond acceptors (Lipinski definition) is 11. The molecular weight excluding hydrogens is 358 g/mol. The van der Waals surface area contributed by atoms with Gasteiger partial charge in [0, 0.05) is 6.92 Å². The number of aliphatic hydroxyl groups excluding tert-OH is 7. The zero-order valence-electron chi connectivity index (χ0n) is 14.0. The molecule has 0 aromatic heterocycles. The van der Waals surface area contributed by atoms with Crippen molar-refractivity contribution in [2.24, 2.45) is 0 Å². The Kier molecular flexibility index (Phi) is 7.27. The SMILES string of the molecule is CC(=O)N[C@H]1[C@@H](O[C@H]2[C@@H](O)[C@@H](CO)OC(O)[C@@H]2O)O[C@H](CO)[C@H](O)[C@@H]1O. The molecule has 0 spiro atoms. The lowest BCUT2D eigenvalue weighted by Crippen LogP contribution is -2.67. The van der Waals surface area contributed by atoms with Crippen LogP contribution in [0.3, 0.4) is 0 Å². The zero-order chi connectivity index (χ0) is 19.6. The van der Waals surface area contributed by atoms with Gasteiger partial charge in [-0.15, -0.1) is 0 Å². The van der Waals surface area contributed by atoms with E-state index in [1.54, 1.807) is 0 Å². The summed E-state index contributed by atoms with van der Waals surface area (Å²) in [6.45, 7) is -0.199. The minimum Gasteiger partial charge on any atom is -0.394 e. The average molecular weight is 383 g/mol. The summed E-state index contributed by atoms with van der Waals surface area (Å²) < 4.78 is 15.6. The van der Waals surface area contributed by atoms with Gasteiger partial charge in [0.15, 0.2) is 12.6 Å². The molecule has 10 atom stereocenters. The molecule has 0 aliphatic carbocycles. The molecule has 2 saturated heterocycles. The summed E-state index contributed by atoms with van der Waals surface area (Å²) in [6, 6.07) is -1.29. The van der Waals surface area contributed by atoms with Gasteiger partial charge in [-0.1, -0.05) is 0 Å². The van der Waals surface area contributed by atoms with Gasteiger partial charge in [-0.2, -0.15) is 0 Å². The highest BCUT2D eigenvalue weighted by Crippen LogP contribution is 2.28. The van der Waals surface area contributed by atoms with E-state index in [1.165, 1.54) is 0 Å². The van der Waals surface area contributed by atoms with Gasteiger partial charge in [0.1, 0.15) is 48.8 Å². The number of rotatable bonds is 5. The van der Waals surface area contributed by atoms with Gasteiger partial charge in [-0.3, -0.25) is 4.79 Å². The van der Waals surface area contributed by atoms with Crippen LogP contribution in [0.1, 0.15) is 6.92 Å². The third-order valence-corrected chi connectivity index (χ3v) is 4.38. The third-order valence-electron chi connectivity index (χ3n) is 4.38. The van der Waals surface area contributed by atoms with Gasteiger partial charge in [0.2, 0.25) is 5.91 Å². The average Bonchev–Trinajstić information content (AvgIpc) is 2.60. The molecule has 1 amide bonds. The molecule has 0 radical (unpaired) electrons. The molecule has 2 fully saturated rings. The Morgan fingerprint density at radius 3 is 2.04 bits per heavy atom. The molecule has 2 rings (SSSR count). The molecule has 0 aromatic carbocycles. The van der Waals surface area contributed by atoms with Crippen LogP contribution in [-0.2, 0) is 19.0 Å². The van der Waals surface area contributed by atoms with E-state index in [0.29, 0.717) is 0 Å². The second-order valence-corrected chi connectivity index (χ2v) is 6.26. The van der Waals surface area contributed by atoms with E-state index in [0.717, 1.165) is 6.92 Å². The monoisotopic (exact) mass is 383 g/mol. The van der Waals surface area contributed by atoms with E-state index in [9.17, 15) is 40.5 Å². The fraction of sp³-hybridized carbons (Fsp3) is 0.929. The lowest BCUT2D eigenvalue weighted by molar-refractivity contribution is -0.341. The first-order valence-corrected chi connectivity index (χ1v) is 8.06. The number of hydrogen-bond donors (Lipinski definition) is 8. The molecule has 8 N–H and O–H groups in total. The van der Waals surface area contributed by atoms with Crippen molar-refractivity contribution in [1.29, 1.82) is 0 Å². The zero-order valence-corrected chi connectivity index (χ0v) is 14.0. The number of ether oxygens (including phenoxy) is 3. The molecule has 2 aliphatic heterocycles. The molecule has 1 unspecified atom stereocenters. The van der Waals surface area contributed by atoms with E-state index >= 15 is 0 Å². The Morgan fingerprint density at radius 1 is 0.923 bits per heavy atom. The topological polar surface area (TPSA) is 198 Å². The van der Waals surface area contributed by atoms with Crippen LogP contribution in [0.25, 0.3) is 0 Å². The molecule has 12 nitrogen and oxygen atoms in total.